The zero-order valence-corrected chi connectivity index (χ0v) is 13.5. The molecule has 0 saturated carbocycles. The first-order valence-corrected chi connectivity index (χ1v) is 8.86. The zero-order valence-electron chi connectivity index (χ0n) is 11.9. The van der Waals surface area contributed by atoms with E-state index in [1.165, 1.54) is 16.4 Å². The predicted molar refractivity (Wildman–Crippen MR) is 83.0 cm³/mol. The Balaban J connectivity index is 2.28. The number of amides is 1. The summed E-state index contributed by atoms with van der Waals surface area (Å²) in [4.78, 5) is 11.7. The van der Waals surface area contributed by atoms with Crippen LogP contribution in [0.1, 0.15) is 32.6 Å². The molecule has 5 nitrogen and oxygen atoms in total. The standard InChI is InChI=1S/C14H19ClN2O3S/c1-2-5-14(18)16-11-6-7-12(15)13(10-11)21(19,20)17-8-3-4-9-17/h6-7,10H,2-5,8-9H2,1H3,(H,16,18). The second-order valence-electron chi connectivity index (χ2n) is 5.05. The van der Waals surface area contributed by atoms with Crippen molar-refractivity contribution in [3.8, 4) is 0 Å². The Morgan fingerprint density at radius 2 is 2.00 bits per heavy atom. The highest BCUT2D eigenvalue weighted by molar-refractivity contribution is 7.89. The summed E-state index contributed by atoms with van der Waals surface area (Å²) in [6, 6.07) is 4.55. The molecule has 0 unspecified atom stereocenters. The van der Waals surface area contributed by atoms with Gasteiger partial charge in [-0.15, -0.1) is 0 Å². The highest BCUT2D eigenvalue weighted by Crippen LogP contribution is 2.29. The molecular weight excluding hydrogens is 312 g/mol. The van der Waals surface area contributed by atoms with Gasteiger partial charge >= 0.3 is 0 Å². The van der Waals surface area contributed by atoms with Crippen LogP contribution < -0.4 is 5.32 Å². The van der Waals surface area contributed by atoms with Crippen molar-refractivity contribution in [2.24, 2.45) is 0 Å². The van der Waals surface area contributed by atoms with Crippen LogP contribution in [0.4, 0.5) is 5.69 Å². The summed E-state index contributed by atoms with van der Waals surface area (Å²) in [5.41, 5.74) is 0.454. The molecule has 21 heavy (non-hydrogen) atoms. The molecule has 1 aromatic rings. The Kier molecular flexibility index (Phi) is 5.24. The number of carbonyl (C=O) groups is 1. The monoisotopic (exact) mass is 330 g/mol. The van der Waals surface area contributed by atoms with Gasteiger partial charge in [-0.1, -0.05) is 18.5 Å². The van der Waals surface area contributed by atoms with Crippen LogP contribution in [0.3, 0.4) is 0 Å². The summed E-state index contributed by atoms with van der Waals surface area (Å²) in [7, 11) is -3.59. The molecular formula is C14H19ClN2O3S. The second kappa shape index (κ2) is 6.77. The van der Waals surface area contributed by atoms with Crippen molar-refractivity contribution in [1.29, 1.82) is 0 Å². The summed E-state index contributed by atoms with van der Waals surface area (Å²) in [6.07, 6.45) is 2.86. The van der Waals surface area contributed by atoms with E-state index in [9.17, 15) is 13.2 Å². The molecule has 0 atom stereocenters. The lowest BCUT2D eigenvalue weighted by Crippen LogP contribution is -2.28. The summed E-state index contributed by atoms with van der Waals surface area (Å²) in [5.74, 6) is -0.135. The number of carbonyl (C=O) groups excluding carboxylic acids is 1. The lowest BCUT2D eigenvalue weighted by atomic mass is 10.3. The number of hydrogen-bond acceptors (Lipinski definition) is 3. The smallest absolute Gasteiger partial charge is 0.244 e. The van der Waals surface area contributed by atoms with Gasteiger partial charge in [0.15, 0.2) is 0 Å². The number of hydrogen-bond donors (Lipinski definition) is 1. The van der Waals surface area contributed by atoms with Crippen LogP contribution in [0.5, 0.6) is 0 Å². The van der Waals surface area contributed by atoms with Gasteiger partial charge in [-0.3, -0.25) is 4.79 Å². The molecule has 1 aromatic carbocycles. The molecule has 0 bridgehead atoms. The van der Waals surface area contributed by atoms with E-state index in [-0.39, 0.29) is 15.8 Å². The van der Waals surface area contributed by atoms with Crippen molar-refractivity contribution in [3.63, 3.8) is 0 Å². The van der Waals surface area contributed by atoms with Gasteiger partial charge in [0.05, 0.1) is 5.02 Å². The van der Waals surface area contributed by atoms with Crippen molar-refractivity contribution >= 4 is 33.2 Å². The molecule has 0 radical (unpaired) electrons. The first-order chi connectivity index (χ1) is 9.95. The van der Waals surface area contributed by atoms with Crippen LogP contribution >= 0.6 is 11.6 Å². The van der Waals surface area contributed by atoms with E-state index in [2.05, 4.69) is 5.32 Å². The number of rotatable bonds is 5. The van der Waals surface area contributed by atoms with E-state index in [0.29, 0.717) is 25.2 Å². The largest absolute Gasteiger partial charge is 0.326 e. The first kappa shape index (κ1) is 16.3. The highest BCUT2D eigenvalue weighted by Gasteiger charge is 2.29. The van der Waals surface area contributed by atoms with E-state index >= 15 is 0 Å². The topological polar surface area (TPSA) is 66.5 Å². The maximum Gasteiger partial charge on any atom is 0.244 e. The fourth-order valence-electron chi connectivity index (χ4n) is 2.30. The summed E-state index contributed by atoms with van der Waals surface area (Å²) >= 11 is 6.04. The number of halogens is 1. The number of anilines is 1. The molecule has 0 aromatic heterocycles. The molecule has 1 aliphatic rings. The molecule has 0 spiro atoms. The van der Waals surface area contributed by atoms with Gasteiger partial charge in [0.1, 0.15) is 4.90 Å². The fraction of sp³-hybridized carbons (Fsp3) is 0.500. The van der Waals surface area contributed by atoms with Crippen LogP contribution in [0.25, 0.3) is 0 Å². The van der Waals surface area contributed by atoms with E-state index in [1.807, 2.05) is 6.92 Å². The van der Waals surface area contributed by atoms with E-state index in [4.69, 9.17) is 11.6 Å². The SMILES string of the molecule is CCCC(=O)Nc1ccc(Cl)c(S(=O)(=O)N2CCCC2)c1. The maximum atomic E-state index is 12.5. The average molecular weight is 331 g/mol. The minimum absolute atomic E-state index is 0.0559. The van der Waals surface area contributed by atoms with Gasteiger partial charge < -0.3 is 5.32 Å². The lowest BCUT2D eigenvalue weighted by Gasteiger charge is -2.17. The number of nitrogens with one attached hydrogen (secondary N) is 1. The summed E-state index contributed by atoms with van der Waals surface area (Å²) in [5, 5.41) is 2.87. The normalized spacial score (nSPS) is 16.1. The molecule has 1 aliphatic heterocycles. The van der Waals surface area contributed by atoms with Gasteiger partial charge in [-0.05, 0) is 37.5 Å². The van der Waals surface area contributed by atoms with Crippen LogP contribution in [-0.4, -0.2) is 31.7 Å². The quantitative estimate of drug-likeness (QED) is 0.902. The molecule has 1 fully saturated rings. The molecule has 0 aliphatic carbocycles. The van der Waals surface area contributed by atoms with Crippen LogP contribution in [-0.2, 0) is 14.8 Å². The van der Waals surface area contributed by atoms with E-state index in [0.717, 1.165) is 19.3 Å². The average Bonchev–Trinajstić information content (AvgIpc) is 2.96. The molecule has 1 heterocycles. The van der Waals surface area contributed by atoms with E-state index < -0.39 is 10.0 Å². The summed E-state index contributed by atoms with van der Waals surface area (Å²) < 4.78 is 26.5. The van der Waals surface area contributed by atoms with Gasteiger partial charge in [0.2, 0.25) is 15.9 Å². The Morgan fingerprint density at radius 3 is 2.62 bits per heavy atom. The Morgan fingerprint density at radius 1 is 1.33 bits per heavy atom. The zero-order chi connectivity index (χ0) is 15.5. The number of nitrogens with zero attached hydrogens (tertiary/aromatic N) is 1. The van der Waals surface area contributed by atoms with Crippen molar-refractivity contribution < 1.29 is 13.2 Å². The second-order valence-corrected chi connectivity index (χ2v) is 7.37. The Bertz CT molecular complexity index is 625. The van der Waals surface area contributed by atoms with Crippen LogP contribution in [0.2, 0.25) is 5.02 Å². The number of sulfonamides is 1. The van der Waals surface area contributed by atoms with Crippen molar-refractivity contribution in [3.05, 3.63) is 23.2 Å². The third-order valence-corrected chi connectivity index (χ3v) is 5.76. The maximum absolute atomic E-state index is 12.5. The summed E-state index contributed by atoms with van der Waals surface area (Å²) in [6.45, 7) is 2.95. The molecule has 1 amide bonds. The molecule has 116 valence electrons. The number of benzene rings is 1. The highest BCUT2D eigenvalue weighted by atomic mass is 35.5. The third kappa shape index (κ3) is 3.75. The van der Waals surface area contributed by atoms with Crippen molar-refractivity contribution in [2.45, 2.75) is 37.5 Å². The first-order valence-electron chi connectivity index (χ1n) is 7.04. The molecule has 1 saturated heterocycles. The minimum atomic E-state index is -3.59. The Hall–Kier alpha value is -1.11. The van der Waals surface area contributed by atoms with Gasteiger partial charge in [0, 0.05) is 25.2 Å². The Labute approximate surface area is 130 Å². The van der Waals surface area contributed by atoms with Crippen LogP contribution in [0.15, 0.2) is 23.1 Å². The van der Waals surface area contributed by atoms with E-state index in [1.54, 1.807) is 6.07 Å². The predicted octanol–water partition coefficient (Wildman–Crippen LogP) is 2.86. The molecule has 2 rings (SSSR count). The minimum Gasteiger partial charge on any atom is -0.326 e. The van der Waals surface area contributed by atoms with Gasteiger partial charge in [-0.2, -0.15) is 4.31 Å². The van der Waals surface area contributed by atoms with Crippen molar-refractivity contribution in [1.82, 2.24) is 4.31 Å². The molecule has 7 heteroatoms. The van der Waals surface area contributed by atoms with Crippen LogP contribution in [0, 0.1) is 0 Å². The lowest BCUT2D eigenvalue weighted by molar-refractivity contribution is -0.116. The molecule has 1 N–H and O–H groups in total. The van der Waals surface area contributed by atoms with Gasteiger partial charge in [-0.25, -0.2) is 8.42 Å². The van der Waals surface area contributed by atoms with Crippen molar-refractivity contribution in [2.75, 3.05) is 18.4 Å². The third-order valence-electron chi connectivity index (χ3n) is 3.37. The van der Waals surface area contributed by atoms with Gasteiger partial charge in [0.25, 0.3) is 0 Å². The fourth-order valence-corrected chi connectivity index (χ4v) is 4.31.